The van der Waals surface area contributed by atoms with Gasteiger partial charge in [-0.3, -0.25) is 14.9 Å². The van der Waals surface area contributed by atoms with E-state index in [2.05, 4.69) is 16.0 Å². The Bertz CT molecular complexity index is 1540. The smallest absolute Gasteiger partial charge is 0.414 e. The Kier molecular flexibility index (Phi) is 9.73. The van der Waals surface area contributed by atoms with Gasteiger partial charge in [-0.2, -0.15) is 4.31 Å². The second-order valence-corrected chi connectivity index (χ2v) is 14.6. The summed E-state index contributed by atoms with van der Waals surface area (Å²) in [6, 6.07) is 5.51. The Morgan fingerprint density at radius 1 is 0.932 bits per heavy atom. The molecule has 0 saturated carbocycles. The zero-order chi connectivity index (χ0) is 32.4. The zero-order valence-corrected chi connectivity index (χ0v) is 27.4. The molecular formula is C29H39N5O8S2. The van der Waals surface area contributed by atoms with Crippen molar-refractivity contribution in [2.24, 2.45) is 0 Å². The number of piperazine rings is 1. The van der Waals surface area contributed by atoms with Gasteiger partial charge in [0.15, 0.2) is 0 Å². The number of carbonyl (C=O) groups is 4. The average Bonchev–Trinajstić information content (AvgIpc) is 3.30. The van der Waals surface area contributed by atoms with Crippen LogP contribution in [0.5, 0.6) is 0 Å². The topological polar surface area (TPSA) is 163 Å². The van der Waals surface area contributed by atoms with Crippen molar-refractivity contribution in [2.45, 2.75) is 63.9 Å². The van der Waals surface area contributed by atoms with Gasteiger partial charge in [0.05, 0.1) is 23.7 Å². The zero-order valence-electron chi connectivity index (χ0n) is 25.7. The molecule has 0 bridgehead atoms. The number of rotatable bonds is 7. The Hall–Kier alpha value is -3.53. The number of hydrogen-bond acceptors (Lipinski definition) is 10. The van der Waals surface area contributed by atoms with E-state index in [0.29, 0.717) is 6.42 Å². The van der Waals surface area contributed by atoms with Crippen LogP contribution in [-0.2, 0) is 31.5 Å². The number of ether oxygens (including phenoxy) is 2. The van der Waals surface area contributed by atoms with Crippen LogP contribution < -0.4 is 16.0 Å². The Balaban J connectivity index is 1.55. The number of carbonyl (C=O) groups excluding carboxylic acids is 4. The summed E-state index contributed by atoms with van der Waals surface area (Å²) in [4.78, 5) is 53.1. The molecule has 0 spiro atoms. The highest BCUT2D eigenvalue weighted by atomic mass is 32.2. The van der Waals surface area contributed by atoms with Crippen molar-refractivity contribution in [1.29, 1.82) is 0 Å². The van der Waals surface area contributed by atoms with E-state index in [0.717, 1.165) is 10.4 Å². The highest BCUT2D eigenvalue weighted by molar-refractivity contribution is 7.89. The van der Waals surface area contributed by atoms with Crippen LogP contribution in [0.2, 0.25) is 0 Å². The van der Waals surface area contributed by atoms with Crippen molar-refractivity contribution in [2.75, 3.05) is 44.7 Å². The second-order valence-electron chi connectivity index (χ2n) is 11.7. The average molecular weight is 650 g/mol. The molecule has 0 unspecified atom stereocenters. The molecule has 0 radical (unpaired) electrons. The van der Waals surface area contributed by atoms with Crippen molar-refractivity contribution >= 4 is 50.4 Å². The molecule has 44 heavy (non-hydrogen) atoms. The molecule has 1 fully saturated rings. The summed E-state index contributed by atoms with van der Waals surface area (Å²) in [6.07, 6.45) is -0.887. The molecule has 4 amide bonds. The van der Waals surface area contributed by atoms with Gasteiger partial charge in [-0.05, 0) is 77.8 Å². The highest BCUT2D eigenvalue weighted by Crippen LogP contribution is 2.45. The van der Waals surface area contributed by atoms with Crippen LogP contribution in [0.4, 0.5) is 14.6 Å². The molecule has 1 saturated heterocycles. The van der Waals surface area contributed by atoms with Gasteiger partial charge in [0.1, 0.15) is 5.00 Å². The number of sulfonamides is 1. The van der Waals surface area contributed by atoms with Crippen molar-refractivity contribution in [3.8, 4) is 0 Å². The minimum Gasteiger partial charge on any atom is -0.450 e. The van der Waals surface area contributed by atoms with Crippen LogP contribution in [0.3, 0.4) is 0 Å². The summed E-state index contributed by atoms with van der Waals surface area (Å²) < 4.78 is 37.7. The fraction of sp³-hybridized carbons (Fsp3) is 0.517. The summed E-state index contributed by atoms with van der Waals surface area (Å²) in [5, 5.41) is 8.89. The lowest BCUT2D eigenvalue weighted by molar-refractivity contribution is 0.0919. The Labute approximate surface area is 261 Å². The van der Waals surface area contributed by atoms with Crippen LogP contribution in [0.25, 0.3) is 0 Å². The number of thiophene rings is 1. The molecule has 240 valence electrons. The van der Waals surface area contributed by atoms with Crippen LogP contribution >= 0.6 is 11.3 Å². The molecule has 2 aromatic rings. The second kappa shape index (κ2) is 12.8. The molecule has 1 aromatic carbocycles. The van der Waals surface area contributed by atoms with Gasteiger partial charge < -0.3 is 25.0 Å². The van der Waals surface area contributed by atoms with Gasteiger partial charge in [-0.15, -0.1) is 11.3 Å². The number of fused-ring (bicyclic) bond motifs is 1. The summed E-state index contributed by atoms with van der Waals surface area (Å²) >= 11 is 1.25. The lowest BCUT2D eigenvalue weighted by atomic mass is 9.81. The molecule has 0 atom stereocenters. The first-order chi connectivity index (χ1) is 20.6. The fourth-order valence-electron chi connectivity index (χ4n) is 5.61. The lowest BCUT2D eigenvalue weighted by Gasteiger charge is -2.42. The van der Waals surface area contributed by atoms with E-state index >= 15 is 0 Å². The van der Waals surface area contributed by atoms with E-state index in [1.807, 2.05) is 27.7 Å². The number of benzene rings is 1. The SMILES string of the molecule is CCOC(=O)NC(=O)c1c(NC(=O)c2ccc(S(=O)(=O)N3CCN(C(=O)OCC)CC3)cc2)sc2c1CC(C)(C)NC2(C)C. The van der Waals surface area contributed by atoms with Crippen molar-refractivity contribution in [1.82, 2.24) is 19.8 Å². The van der Waals surface area contributed by atoms with Gasteiger partial charge in [-0.1, -0.05) is 0 Å². The highest BCUT2D eigenvalue weighted by Gasteiger charge is 2.42. The van der Waals surface area contributed by atoms with Crippen LogP contribution in [0, 0.1) is 0 Å². The van der Waals surface area contributed by atoms with Gasteiger partial charge in [0.2, 0.25) is 10.0 Å². The molecule has 2 aliphatic rings. The molecular weight excluding hydrogens is 610 g/mol. The first-order valence-electron chi connectivity index (χ1n) is 14.4. The molecule has 4 rings (SSSR count). The molecule has 2 aliphatic heterocycles. The van der Waals surface area contributed by atoms with Crippen molar-refractivity contribution < 1.29 is 37.1 Å². The quantitative estimate of drug-likeness (QED) is 0.407. The predicted molar refractivity (Wildman–Crippen MR) is 165 cm³/mol. The number of anilines is 1. The summed E-state index contributed by atoms with van der Waals surface area (Å²) in [6.45, 7) is 12.3. The Morgan fingerprint density at radius 3 is 2.14 bits per heavy atom. The molecule has 3 N–H and O–H groups in total. The van der Waals surface area contributed by atoms with Gasteiger partial charge in [0.25, 0.3) is 11.8 Å². The Morgan fingerprint density at radius 2 is 1.55 bits per heavy atom. The van der Waals surface area contributed by atoms with E-state index in [9.17, 15) is 27.6 Å². The van der Waals surface area contributed by atoms with E-state index in [4.69, 9.17) is 9.47 Å². The van der Waals surface area contributed by atoms with E-state index < -0.39 is 39.6 Å². The van der Waals surface area contributed by atoms with Gasteiger partial charge in [-0.25, -0.2) is 18.0 Å². The van der Waals surface area contributed by atoms with Crippen molar-refractivity contribution in [3.63, 3.8) is 0 Å². The molecule has 0 aliphatic carbocycles. The number of hydrogen-bond donors (Lipinski definition) is 3. The predicted octanol–water partition coefficient (Wildman–Crippen LogP) is 3.51. The molecule has 13 nitrogen and oxygen atoms in total. The lowest BCUT2D eigenvalue weighted by Crippen LogP contribution is -2.55. The third-order valence-electron chi connectivity index (χ3n) is 7.31. The number of nitrogens with one attached hydrogen (secondary N) is 3. The third-order valence-corrected chi connectivity index (χ3v) is 10.7. The first-order valence-corrected chi connectivity index (χ1v) is 16.6. The molecule has 15 heteroatoms. The van der Waals surface area contributed by atoms with Gasteiger partial charge in [0, 0.05) is 47.7 Å². The largest absolute Gasteiger partial charge is 0.450 e. The number of amides is 4. The number of imide groups is 1. The number of alkyl carbamates (subject to hydrolysis) is 1. The van der Waals surface area contributed by atoms with Crippen molar-refractivity contribution in [3.05, 3.63) is 45.8 Å². The summed E-state index contributed by atoms with van der Waals surface area (Å²) in [5.41, 5.74) is 0.198. The van der Waals surface area contributed by atoms with E-state index in [-0.39, 0.29) is 66.0 Å². The fourth-order valence-corrected chi connectivity index (χ4v) is 8.30. The van der Waals surface area contributed by atoms with E-state index in [1.165, 1.54) is 44.8 Å². The normalized spacial score (nSPS) is 17.7. The van der Waals surface area contributed by atoms with Crippen LogP contribution in [-0.4, -0.2) is 86.6 Å². The maximum atomic E-state index is 13.4. The molecule has 3 heterocycles. The number of nitrogens with zero attached hydrogens (tertiary/aromatic N) is 2. The maximum absolute atomic E-state index is 13.4. The minimum absolute atomic E-state index is 0.00906. The summed E-state index contributed by atoms with van der Waals surface area (Å²) in [5.74, 6) is -1.24. The molecule has 1 aromatic heterocycles. The third kappa shape index (κ3) is 7.06. The first kappa shape index (κ1) is 33.4. The summed E-state index contributed by atoms with van der Waals surface area (Å²) in [7, 11) is -3.86. The van der Waals surface area contributed by atoms with Crippen LogP contribution in [0.1, 0.15) is 72.7 Å². The monoisotopic (exact) mass is 649 g/mol. The standard InChI is InChI=1S/C29H39N5O8S2/c1-7-41-26(37)31-24(36)21-20-17-28(3,4)32-29(5,6)22(20)43-25(21)30-23(35)18-9-11-19(12-10-18)44(39,40)34-15-13-33(14-16-34)27(38)42-8-2/h9-12,32H,7-8,13-17H2,1-6H3,(H,30,35)(H,31,36,37). The van der Waals surface area contributed by atoms with E-state index in [1.54, 1.807) is 13.8 Å². The minimum atomic E-state index is -3.86. The van der Waals surface area contributed by atoms with Crippen LogP contribution in [0.15, 0.2) is 29.2 Å². The van der Waals surface area contributed by atoms with Gasteiger partial charge >= 0.3 is 12.2 Å². The maximum Gasteiger partial charge on any atom is 0.414 e.